The van der Waals surface area contributed by atoms with Crippen molar-refractivity contribution in [2.75, 3.05) is 0 Å². The molecule has 1 atom stereocenters. The molecule has 0 aliphatic heterocycles. The summed E-state index contributed by atoms with van der Waals surface area (Å²) < 4.78 is 1.85. The molecule has 0 saturated heterocycles. The lowest BCUT2D eigenvalue weighted by molar-refractivity contribution is 0.0962. The number of fused-ring (bicyclic) bond motifs is 3. The number of aromatic nitrogens is 4. The van der Waals surface area contributed by atoms with Gasteiger partial charge in [0.2, 0.25) is 0 Å². The fraction of sp³-hybridized carbons (Fsp3) is 0.455. The van der Waals surface area contributed by atoms with Crippen molar-refractivity contribution in [3.63, 3.8) is 0 Å². The molecular formula is C22H24N4O. The molecule has 2 aromatic heterocycles. The molecule has 0 amide bonds. The predicted octanol–water partition coefficient (Wildman–Crippen LogP) is 4.39. The Balaban J connectivity index is 1.57. The monoisotopic (exact) mass is 360 g/mol. The van der Waals surface area contributed by atoms with Crippen LogP contribution in [0.1, 0.15) is 83.4 Å². The lowest BCUT2D eigenvalue weighted by atomic mass is 9.80. The SMILES string of the molecule is Cc1ccccc1C1CC(=O)c2cnc3nc(C4CCCCC4)nn3c2C1. The first-order valence-corrected chi connectivity index (χ1v) is 10.0. The molecule has 2 aliphatic carbocycles. The fourth-order valence-electron chi connectivity index (χ4n) is 4.76. The smallest absolute Gasteiger partial charge is 0.252 e. The van der Waals surface area contributed by atoms with Gasteiger partial charge in [-0.2, -0.15) is 4.98 Å². The number of carbonyl (C=O) groups is 1. The van der Waals surface area contributed by atoms with E-state index in [1.807, 2.05) is 10.6 Å². The van der Waals surface area contributed by atoms with Gasteiger partial charge >= 0.3 is 0 Å². The average Bonchev–Trinajstić information content (AvgIpc) is 3.14. The summed E-state index contributed by atoms with van der Waals surface area (Å²) in [4.78, 5) is 22.0. The largest absolute Gasteiger partial charge is 0.294 e. The number of nitrogens with zero attached hydrogens (tertiary/aromatic N) is 4. The molecule has 1 unspecified atom stereocenters. The van der Waals surface area contributed by atoms with Gasteiger partial charge in [0.1, 0.15) is 0 Å². The second-order valence-electron chi connectivity index (χ2n) is 8.02. The maximum absolute atomic E-state index is 12.8. The minimum absolute atomic E-state index is 0.161. The van der Waals surface area contributed by atoms with E-state index >= 15 is 0 Å². The van der Waals surface area contributed by atoms with Crippen molar-refractivity contribution in [2.24, 2.45) is 0 Å². The van der Waals surface area contributed by atoms with Crippen molar-refractivity contribution < 1.29 is 4.79 Å². The van der Waals surface area contributed by atoms with Crippen LogP contribution in [0.5, 0.6) is 0 Å². The highest BCUT2D eigenvalue weighted by Crippen LogP contribution is 2.35. The summed E-state index contributed by atoms with van der Waals surface area (Å²) in [6, 6.07) is 8.37. The van der Waals surface area contributed by atoms with Crippen molar-refractivity contribution >= 4 is 11.6 Å². The highest BCUT2D eigenvalue weighted by Gasteiger charge is 2.30. The fourth-order valence-corrected chi connectivity index (χ4v) is 4.76. The highest BCUT2D eigenvalue weighted by molar-refractivity contribution is 5.98. The van der Waals surface area contributed by atoms with E-state index in [0.29, 0.717) is 23.7 Å². The molecule has 2 aliphatic rings. The van der Waals surface area contributed by atoms with Gasteiger partial charge in [0.05, 0.1) is 11.3 Å². The Kier molecular flexibility index (Phi) is 4.03. The standard InChI is InChI=1S/C22H24N4O/c1-14-7-5-6-10-17(14)16-11-19-18(20(27)12-16)13-23-22-24-21(25-26(19)22)15-8-3-2-4-9-15/h5-7,10,13,15-16H,2-4,8-9,11-12H2,1H3. The van der Waals surface area contributed by atoms with Crippen LogP contribution in [0, 0.1) is 6.92 Å². The number of carbonyl (C=O) groups excluding carboxylic acids is 1. The molecule has 1 fully saturated rings. The zero-order chi connectivity index (χ0) is 18.4. The quantitative estimate of drug-likeness (QED) is 0.680. The van der Waals surface area contributed by atoms with Gasteiger partial charge in [0.25, 0.3) is 5.78 Å². The molecule has 2 heterocycles. The Hall–Kier alpha value is -2.56. The van der Waals surface area contributed by atoms with Crippen LogP contribution in [0.4, 0.5) is 0 Å². The van der Waals surface area contributed by atoms with Crippen molar-refractivity contribution in [3.8, 4) is 0 Å². The lowest BCUT2D eigenvalue weighted by Crippen LogP contribution is -2.23. The lowest BCUT2D eigenvalue weighted by Gasteiger charge is -2.25. The third kappa shape index (κ3) is 2.85. The van der Waals surface area contributed by atoms with E-state index in [4.69, 9.17) is 10.1 Å². The van der Waals surface area contributed by atoms with Crippen molar-refractivity contribution in [3.05, 3.63) is 58.7 Å². The van der Waals surface area contributed by atoms with Gasteiger partial charge in [-0.05, 0) is 43.2 Å². The summed E-state index contributed by atoms with van der Waals surface area (Å²) in [7, 11) is 0. The summed E-state index contributed by atoms with van der Waals surface area (Å²) in [5.74, 6) is 2.32. The van der Waals surface area contributed by atoms with Crippen LogP contribution >= 0.6 is 0 Å². The number of rotatable bonds is 2. The second kappa shape index (κ2) is 6.55. The molecule has 0 radical (unpaired) electrons. The van der Waals surface area contributed by atoms with Crippen molar-refractivity contribution in [2.45, 2.75) is 63.7 Å². The van der Waals surface area contributed by atoms with E-state index in [1.54, 1.807) is 6.20 Å². The zero-order valence-electron chi connectivity index (χ0n) is 15.7. The predicted molar refractivity (Wildman–Crippen MR) is 103 cm³/mol. The number of Topliss-reactive ketones (excluding diaryl/α,β-unsaturated/α-hetero) is 1. The van der Waals surface area contributed by atoms with E-state index in [1.165, 1.54) is 30.4 Å². The molecule has 1 saturated carbocycles. The van der Waals surface area contributed by atoms with Gasteiger partial charge in [-0.3, -0.25) is 4.79 Å². The molecule has 5 rings (SSSR count). The first-order chi connectivity index (χ1) is 13.2. The molecule has 5 heteroatoms. The van der Waals surface area contributed by atoms with Gasteiger partial charge in [-0.15, -0.1) is 5.10 Å². The first-order valence-electron chi connectivity index (χ1n) is 10.0. The van der Waals surface area contributed by atoms with Crippen molar-refractivity contribution in [1.82, 2.24) is 19.6 Å². The van der Waals surface area contributed by atoms with Crippen LogP contribution in [0.15, 0.2) is 30.5 Å². The first kappa shape index (κ1) is 16.6. The molecule has 138 valence electrons. The molecule has 27 heavy (non-hydrogen) atoms. The Morgan fingerprint density at radius 3 is 2.67 bits per heavy atom. The summed E-state index contributed by atoms with van der Waals surface area (Å²) in [6.45, 7) is 2.12. The number of aryl methyl sites for hydroxylation is 1. The normalized spacial score (nSPS) is 20.8. The van der Waals surface area contributed by atoms with Crippen LogP contribution in [0.3, 0.4) is 0 Å². The Morgan fingerprint density at radius 2 is 1.85 bits per heavy atom. The summed E-state index contributed by atoms with van der Waals surface area (Å²) in [5, 5.41) is 4.83. The van der Waals surface area contributed by atoms with Crippen LogP contribution in [0.25, 0.3) is 5.78 Å². The van der Waals surface area contributed by atoms with E-state index in [0.717, 1.165) is 30.8 Å². The van der Waals surface area contributed by atoms with E-state index in [-0.39, 0.29) is 11.7 Å². The van der Waals surface area contributed by atoms with Gasteiger partial charge in [0.15, 0.2) is 11.6 Å². The summed E-state index contributed by atoms with van der Waals surface area (Å²) >= 11 is 0. The molecule has 0 N–H and O–H groups in total. The average molecular weight is 360 g/mol. The third-order valence-corrected chi connectivity index (χ3v) is 6.25. The number of hydrogen-bond donors (Lipinski definition) is 0. The topological polar surface area (TPSA) is 60.2 Å². The maximum Gasteiger partial charge on any atom is 0.252 e. The molecular weight excluding hydrogens is 336 g/mol. The Bertz CT molecular complexity index is 1020. The minimum atomic E-state index is 0.161. The highest BCUT2D eigenvalue weighted by atomic mass is 16.1. The third-order valence-electron chi connectivity index (χ3n) is 6.25. The van der Waals surface area contributed by atoms with Crippen LogP contribution < -0.4 is 0 Å². The van der Waals surface area contributed by atoms with Crippen LogP contribution in [-0.2, 0) is 6.42 Å². The molecule has 5 nitrogen and oxygen atoms in total. The van der Waals surface area contributed by atoms with Gasteiger partial charge in [-0.1, -0.05) is 43.5 Å². The minimum Gasteiger partial charge on any atom is -0.294 e. The van der Waals surface area contributed by atoms with E-state index in [2.05, 4.69) is 30.1 Å². The summed E-state index contributed by atoms with van der Waals surface area (Å²) in [5.41, 5.74) is 4.19. The van der Waals surface area contributed by atoms with Crippen LogP contribution in [0.2, 0.25) is 0 Å². The molecule has 3 aromatic rings. The molecule has 0 spiro atoms. The molecule has 1 aromatic carbocycles. The number of hydrogen-bond acceptors (Lipinski definition) is 4. The Morgan fingerprint density at radius 1 is 1.04 bits per heavy atom. The van der Waals surface area contributed by atoms with Crippen LogP contribution in [-0.4, -0.2) is 25.4 Å². The number of benzene rings is 1. The zero-order valence-corrected chi connectivity index (χ0v) is 15.7. The van der Waals surface area contributed by atoms with Crippen molar-refractivity contribution in [1.29, 1.82) is 0 Å². The summed E-state index contributed by atoms with van der Waals surface area (Å²) in [6.07, 6.45) is 9.17. The maximum atomic E-state index is 12.8. The number of ketones is 1. The molecule has 0 bridgehead atoms. The van der Waals surface area contributed by atoms with E-state index < -0.39 is 0 Å². The van der Waals surface area contributed by atoms with Gasteiger partial charge in [0, 0.05) is 18.5 Å². The van der Waals surface area contributed by atoms with E-state index in [9.17, 15) is 4.79 Å². The Labute approximate surface area is 158 Å². The second-order valence-corrected chi connectivity index (χ2v) is 8.02. The van der Waals surface area contributed by atoms with Gasteiger partial charge in [-0.25, -0.2) is 9.50 Å². The van der Waals surface area contributed by atoms with Gasteiger partial charge < -0.3 is 0 Å².